The van der Waals surface area contributed by atoms with E-state index in [4.69, 9.17) is 8.94 Å². The molecule has 0 bridgehead atoms. The first-order valence-corrected chi connectivity index (χ1v) is 8.82. The molecule has 3 rings (SSSR count). The maximum absolute atomic E-state index is 13.0. The van der Waals surface area contributed by atoms with Gasteiger partial charge >= 0.3 is 6.03 Å². The van der Waals surface area contributed by atoms with Crippen LogP contribution in [0, 0.1) is 19.3 Å². The Labute approximate surface area is 148 Å². The molecule has 1 saturated heterocycles. The average Bonchev–Trinajstić information content (AvgIpc) is 3.23. The van der Waals surface area contributed by atoms with Gasteiger partial charge in [-0.15, -0.1) is 0 Å². The van der Waals surface area contributed by atoms with Gasteiger partial charge in [-0.25, -0.2) is 4.79 Å². The Morgan fingerprint density at radius 1 is 1.32 bits per heavy atom. The second-order valence-corrected chi connectivity index (χ2v) is 7.91. The van der Waals surface area contributed by atoms with E-state index in [0.717, 1.165) is 42.4 Å². The van der Waals surface area contributed by atoms with Crippen molar-refractivity contribution in [3.8, 4) is 0 Å². The summed E-state index contributed by atoms with van der Waals surface area (Å²) in [5.41, 5.74) is 0.658. The van der Waals surface area contributed by atoms with Crippen LogP contribution in [-0.2, 0) is 0 Å². The molecule has 1 fully saturated rings. The molecule has 0 spiro atoms. The third-order valence-electron chi connectivity index (χ3n) is 4.68. The minimum Gasteiger partial charge on any atom is -0.464 e. The molecule has 25 heavy (non-hydrogen) atoms. The second-order valence-electron chi connectivity index (χ2n) is 7.91. The van der Waals surface area contributed by atoms with Gasteiger partial charge in [0.1, 0.15) is 23.0 Å². The van der Waals surface area contributed by atoms with Crippen LogP contribution in [0.25, 0.3) is 0 Å². The lowest BCUT2D eigenvalue weighted by atomic mass is 9.85. The van der Waals surface area contributed by atoms with Gasteiger partial charge in [0.25, 0.3) is 0 Å². The van der Waals surface area contributed by atoms with Gasteiger partial charge in [0.05, 0.1) is 12.1 Å². The van der Waals surface area contributed by atoms with E-state index in [1.165, 1.54) is 0 Å². The summed E-state index contributed by atoms with van der Waals surface area (Å²) in [6.07, 6.45) is 1.86. The Morgan fingerprint density at radius 3 is 2.64 bits per heavy atom. The molecule has 0 saturated carbocycles. The van der Waals surface area contributed by atoms with E-state index in [9.17, 15) is 4.79 Å². The number of amides is 2. The molecule has 1 aliphatic heterocycles. The van der Waals surface area contributed by atoms with Gasteiger partial charge in [-0.1, -0.05) is 25.9 Å². The number of urea groups is 1. The molecule has 2 amide bonds. The summed E-state index contributed by atoms with van der Waals surface area (Å²) in [5, 5.41) is 7.27. The normalized spacial score (nSPS) is 19.2. The Kier molecular flexibility index (Phi) is 4.62. The highest BCUT2D eigenvalue weighted by Crippen LogP contribution is 2.36. The van der Waals surface area contributed by atoms with E-state index in [0.29, 0.717) is 0 Å². The van der Waals surface area contributed by atoms with Crippen molar-refractivity contribution in [3.05, 3.63) is 41.2 Å². The van der Waals surface area contributed by atoms with E-state index < -0.39 is 0 Å². The van der Waals surface area contributed by atoms with Gasteiger partial charge in [0, 0.05) is 12.6 Å². The van der Waals surface area contributed by atoms with Crippen LogP contribution in [0.15, 0.2) is 27.1 Å². The Hall–Kier alpha value is -2.24. The number of carbonyl (C=O) groups excluding carboxylic acids is 1. The summed E-state index contributed by atoms with van der Waals surface area (Å²) < 4.78 is 11.0. The third kappa shape index (κ3) is 3.72. The predicted octanol–water partition coefficient (Wildman–Crippen LogP) is 4.52. The highest BCUT2D eigenvalue weighted by molar-refractivity contribution is 5.75. The molecule has 6 heteroatoms. The zero-order valence-corrected chi connectivity index (χ0v) is 15.6. The lowest BCUT2D eigenvalue weighted by molar-refractivity contribution is 0.167. The quantitative estimate of drug-likeness (QED) is 0.888. The average molecular weight is 345 g/mol. The fourth-order valence-corrected chi connectivity index (χ4v) is 3.39. The number of aromatic nitrogens is 1. The predicted molar refractivity (Wildman–Crippen MR) is 94.1 cm³/mol. The zero-order valence-electron chi connectivity index (χ0n) is 15.6. The van der Waals surface area contributed by atoms with Crippen LogP contribution < -0.4 is 5.32 Å². The maximum Gasteiger partial charge on any atom is 0.318 e. The van der Waals surface area contributed by atoms with Crippen LogP contribution in [0.4, 0.5) is 4.79 Å². The molecule has 0 radical (unpaired) electrons. The van der Waals surface area contributed by atoms with E-state index in [2.05, 4.69) is 31.2 Å². The number of likely N-dealkylation sites (tertiary alicyclic amines) is 1. The largest absolute Gasteiger partial charge is 0.464 e. The molecule has 1 N–H and O–H groups in total. The minimum atomic E-state index is -0.200. The van der Waals surface area contributed by atoms with Crippen LogP contribution in [-0.4, -0.2) is 22.6 Å². The van der Waals surface area contributed by atoms with Gasteiger partial charge in [-0.2, -0.15) is 0 Å². The van der Waals surface area contributed by atoms with Crippen LogP contribution in [0.3, 0.4) is 0 Å². The number of rotatable bonds is 3. The summed E-state index contributed by atoms with van der Waals surface area (Å²) in [4.78, 5) is 14.8. The number of furan rings is 1. The highest BCUT2D eigenvalue weighted by Gasteiger charge is 2.36. The molecule has 1 aliphatic rings. The molecular formula is C19H27N3O3. The first kappa shape index (κ1) is 17.6. The van der Waals surface area contributed by atoms with E-state index in [1.807, 2.05) is 36.9 Å². The van der Waals surface area contributed by atoms with E-state index in [-0.39, 0.29) is 23.5 Å². The maximum atomic E-state index is 13.0. The molecule has 2 unspecified atom stereocenters. The molecule has 2 aromatic heterocycles. The molecule has 0 aromatic carbocycles. The SMILES string of the molecule is Cc1cc(C2CCCN2C(=O)NC(c2ccc(C)o2)C(C)(C)C)no1. The van der Waals surface area contributed by atoms with Gasteiger partial charge in [-0.3, -0.25) is 0 Å². The molecule has 6 nitrogen and oxygen atoms in total. The smallest absolute Gasteiger partial charge is 0.318 e. The second kappa shape index (κ2) is 6.58. The van der Waals surface area contributed by atoms with Gasteiger partial charge in [0.15, 0.2) is 0 Å². The molecular weight excluding hydrogens is 318 g/mol. The highest BCUT2D eigenvalue weighted by atomic mass is 16.5. The lowest BCUT2D eigenvalue weighted by Crippen LogP contribution is -2.44. The van der Waals surface area contributed by atoms with Gasteiger partial charge in [-0.05, 0) is 44.2 Å². The molecule has 0 aliphatic carbocycles. The van der Waals surface area contributed by atoms with Crippen LogP contribution in [0.2, 0.25) is 0 Å². The van der Waals surface area contributed by atoms with E-state index in [1.54, 1.807) is 0 Å². The van der Waals surface area contributed by atoms with Crippen molar-refractivity contribution in [3.63, 3.8) is 0 Å². The first-order chi connectivity index (χ1) is 11.8. The van der Waals surface area contributed by atoms with Crippen LogP contribution in [0.1, 0.15) is 68.7 Å². The number of aryl methyl sites for hydroxylation is 2. The third-order valence-corrected chi connectivity index (χ3v) is 4.68. The van der Waals surface area contributed by atoms with Crippen molar-refractivity contribution >= 4 is 6.03 Å². The zero-order chi connectivity index (χ0) is 18.2. The number of hydrogen-bond acceptors (Lipinski definition) is 4. The van der Waals surface area contributed by atoms with Crippen molar-refractivity contribution < 1.29 is 13.7 Å². The van der Waals surface area contributed by atoms with Crippen molar-refractivity contribution in [1.82, 2.24) is 15.4 Å². The van der Waals surface area contributed by atoms with Crippen molar-refractivity contribution in [2.75, 3.05) is 6.54 Å². The molecule has 2 aromatic rings. The molecule has 3 heterocycles. The van der Waals surface area contributed by atoms with Crippen molar-refractivity contribution in [2.24, 2.45) is 5.41 Å². The Balaban J connectivity index is 1.79. The molecule has 2 atom stereocenters. The number of carbonyl (C=O) groups is 1. The summed E-state index contributed by atoms with van der Waals surface area (Å²) >= 11 is 0. The Bertz CT molecular complexity index is 741. The van der Waals surface area contributed by atoms with Crippen LogP contribution >= 0.6 is 0 Å². The topological polar surface area (TPSA) is 71.5 Å². The first-order valence-electron chi connectivity index (χ1n) is 8.82. The van der Waals surface area contributed by atoms with Gasteiger partial charge < -0.3 is 19.2 Å². The summed E-state index contributed by atoms with van der Waals surface area (Å²) in [7, 11) is 0. The van der Waals surface area contributed by atoms with Gasteiger partial charge in [0.2, 0.25) is 0 Å². The van der Waals surface area contributed by atoms with E-state index >= 15 is 0 Å². The van der Waals surface area contributed by atoms with Crippen molar-refractivity contribution in [2.45, 2.75) is 59.5 Å². The number of hydrogen-bond donors (Lipinski definition) is 1. The minimum absolute atomic E-state index is 0.0311. The number of nitrogens with one attached hydrogen (secondary N) is 1. The fraction of sp³-hybridized carbons (Fsp3) is 0.579. The summed E-state index contributed by atoms with van der Waals surface area (Å²) in [6.45, 7) is 10.8. The summed E-state index contributed by atoms with van der Waals surface area (Å²) in [5.74, 6) is 2.39. The van der Waals surface area contributed by atoms with Crippen LogP contribution in [0.5, 0.6) is 0 Å². The van der Waals surface area contributed by atoms with Crippen molar-refractivity contribution in [1.29, 1.82) is 0 Å². The number of nitrogens with zero attached hydrogens (tertiary/aromatic N) is 2. The lowest BCUT2D eigenvalue weighted by Gasteiger charge is -2.33. The fourth-order valence-electron chi connectivity index (χ4n) is 3.39. The Morgan fingerprint density at radius 2 is 2.08 bits per heavy atom. The summed E-state index contributed by atoms with van der Waals surface area (Å²) in [6, 6.07) is 5.46. The molecule has 136 valence electrons. The standard InChI is InChI=1S/C19H27N3O3/c1-12-8-9-16(24-12)17(19(3,4)5)20-18(23)22-10-6-7-15(22)14-11-13(2)25-21-14/h8-9,11,15,17H,6-7,10H2,1-5H3,(H,20,23). The monoisotopic (exact) mass is 345 g/mol.